The lowest BCUT2D eigenvalue weighted by molar-refractivity contribution is -0.228. The minimum absolute atomic E-state index is 0.0279. The van der Waals surface area contributed by atoms with Gasteiger partial charge in [-0.25, -0.2) is 4.39 Å². The topological polar surface area (TPSA) is 65.6 Å². The molecule has 3 aliphatic carbocycles. The van der Waals surface area contributed by atoms with Gasteiger partial charge in [0, 0.05) is 51.4 Å². The molecule has 0 aromatic heterocycles. The maximum atomic E-state index is 16.3. The van der Waals surface area contributed by atoms with Gasteiger partial charge in [0.15, 0.2) is 5.78 Å². The summed E-state index contributed by atoms with van der Waals surface area (Å²) < 4.78 is 28.7. The molecule has 0 spiro atoms. The fourth-order valence-electron chi connectivity index (χ4n) is 9.29. The summed E-state index contributed by atoms with van der Waals surface area (Å²) in [5, 5.41) is 0. The molecular weight excluding hydrogens is 499 g/mol. The normalized spacial score (nSPS) is 43.3. The van der Waals surface area contributed by atoms with Crippen molar-refractivity contribution in [3.63, 3.8) is 0 Å². The van der Waals surface area contributed by atoms with Crippen molar-refractivity contribution in [1.82, 2.24) is 19.6 Å². The van der Waals surface area contributed by atoms with E-state index in [1.54, 1.807) is 4.90 Å². The van der Waals surface area contributed by atoms with Crippen LogP contribution >= 0.6 is 0 Å². The van der Waals surface area contributed by atoms with Crippen molar-refractivity contribution in [2.75, 3.05) is 59.0 Å². The van der Waals surface area contributed by atoms with Gasteiger partial charge in [0.1, 0.15) is 6.17 Å². The van der Waals surface area contributed by atoms with Crippen molar-refractivity contribution >= 4 is 11.7 Å². The molecule has 9 unspecified atom stereocenters. The first-order valence-corrected chi connectivity index (χ1v) is 15.7. The van der Waals surface area contributed by atoms with E-state index in [1.807, 2.05) is 6.20 Å². The maximum absolute atomic E-state index is 16.3. The second kappa shape index (κ2) is 10.7. The van der Waals surface area contributed by atoms with Crippen LogP contribution in [0.25, 0.3) is 0 Å². The number of hydrogen-bond donors (Lipinski definition) is 0. The van der Waals surface area contributed by atoms with Gasteiger partial charge in [-0.2, -0.15) is 0 Å². The van der Waals surface area contributed by atoms with Crippen molar-refractivity contribution in [2.24, 2.45) is 17.8 Å². The van der Waals surface area contributed by atoms with E-state index in [0.717, 1.165) is 39.1 Å². The van der Waals surface area contributed by atoms with Gasteiger partial charge >= 0.3 is 0 Å². The van der Waals surface area contributed by atoms with Gasteiger partial charge in [0.25, 0.3) is 5.91 Å². The first-order chi connectivity index (χ1) is 19.0. The summed E-state index contributed by atoms with van der Waals surface area (Å²) in [6.45, 7) is 8.72. The standard InChI is InChI=1S/C30H45FN4O4/c1-2-32-9-11-33(12-10-32)27-23(31)17-21-26-29(27)39-24-8-7-19-5-3-4-6-20(19)25(24)35(26)18-22(28(21)36)30(37)34-13-15-38-16-14-34/h18-21,23-27,29H,2-17H2,1H3. The maximum Gasteiger partial charge on any atom is 0.259 e. The number of amides is 1. The summed E-state index contributed by atoms with van der Waals surface area (Å²) in [5.41, 5.74) is 0.262. The third-order valence-corrected chi connectivity index (χ3v) is 11.2. The Hall–Kier alpha value is -1.55. The number of morpholine rings is 2. The lowest BCUT2D eigenvalue weighted by Crippen LogP contribution is -2.75. The van der Waals surface area contributed by atoms with Crippen LogP contribution in [0.1, 0.15) is 51.9 Å². The molecule has 4 heterocycles. The zero-order valence-corrected chi connectivity index (χ0v) is 23.4. The van der Waals surface area contributed by atoms with Crippen LogP contribution in [0.3, 0.4) is 0 Å². The summed E-state index contributed by atoms with van der Waals surface area (Å²) in [5.74, 6) is 0.280. The third kappa shape index (κ3) is 4.46. The quantitative estimate of drug-likeness (QED) is 0.504. The summed E-state index contributed by atoms with van der Waals surface area (Å²) in [4.78, 5) is 36.6. The number of Topliss-reactive ketones (excluding diaryl/α,β-unsaturated/α-hetero) is 1. The summed E-state index contributed by atoms with van der Waals surface area (Å²) in [6, 6.07) is -0.362. The van der Waals surface area contributed by atoms with Crippen LogP contribution in [0.2, 0.25) is 0 Å². The average Bonchev–Trinajstić information content (AvgIpc) is 2.98. The molecule has 216 valence electrons. The van der Waals surface area contributed by atoms with E-state index in [4.69, 9.17) is 9.47 Å². The number of carbonyl (C=O) groups is 2. The number of nitrogens with zero attached hydrogens (tertiary/aromatic N) is 4. The third-order valence-electron chi connectivity index (χ3n) is 11.2. The highest BCUT2D eigenvalue weighted by Gasteiger charge is 2.61. The number of carbonyl (C=O) groups excluding carboxylic acids is 2. The smallest absolute Gasteiger partial charge is 0.259 e. The molecule has 7 aliphatic rings. The molecule has 4 aliphatic heterocycles. The van der Waals surface area contributed by atoms with E-state index >= 15 is 4.39 Å². The number of likely N-dealkylation sites (N-methyl/N-ethyl adjacent to an activating group) is 1. The summed E-state index contributed by atoms with van der Waals surface area (Å²) in [7, 11) is 0. The van der Waals surface area contributed by atoms with Crippen LogP contribution in [0.5, 0.6) is 0 Å². The first-order valence-electron chi connectivity index (χ1n) is 15.7. The number of fused-ring (bicyclic) bond motifs is 4. The molecule has 0 aromatic rings. The second-order valence-corrected chi connectivity index (χ2v) is 13.0. The molecule has 0 aromatic carbocycles. The minimum Gasteiger partial charge on any atom is -0.378 e. The molecular formula is C30H45FN4O4. The number of rotatable bonds is 3. The fourth-order valence-corrected chi connectivity index (χ4v) is 9.29. The Balaban J connectivity index is 1.25. The zero-order chi connectivity index (χ0) is 26.7. The molecule has 0 N–H and O–H groups in total. The van der Waals surface area contributed by atoms with E-state index in [-0.39, 0.29) is 54.0 Å². The lowest BCUT2D eigenvalue weighted by atomic mass is 9.63. The highest BCUT2D eigenvalue weighted by Crippen LogP contribution is 2.51. The second-order valence-electron chi connectivity index (χ2n) is 13.0. The Kier molecular flexibility index (Phi) is 7.23. The summed E-state index contributed by atoms with van der Waals surface area (Å²) in [6.07, 6.45) is 7.75. The molecule has 9 heteroatoms. The van der Waals surface area contributed by atoms with Crippen molar-refractivity contribution in [3.05, 3.63) is 11.8 Å². The number of hydrogen-bond acceptors (Lipinski definition) is 7. The first kappa shape index (κ1) is 26.4. The van der Waals surface area contributed by atoms with Crippen LogP contribution in [-0.2, 0) is 19.1 Å². The minimum atomic E-state index is -1.14. The van der Waals surface area contributed by atoms with Crippen LogP contribution in [0, 0.1) is 17.8 Å². The van der Waals surface area contributed by atoms with Crippen LogP contribution < -0.4 is 0 Å². The molecule has 3 saturated carbocycles. The number of halogens is 1. The number of ether oxygens (including phenoxy) is 2. The molecule has 7 rings (SSSR count). The Morgan fingerprint density at radius 3 is 2.51 bits per heavy atom. The van der Waals surface area contributed by atoms with Gasteiger partial charge in [-0.15, -0.1) is 0 Å². The van der Waals surface area contributed by atoms with Gasteiger partial charge in [0.05, 0.1) is 49.1 Å². The number of piperazine rings is 1. The van der Waals surface area contributed by atoms with E-state index in [2.05, 4.69) is 21.6 Å². The molecule has 1 amide bonds. The molecule has 9 atom stereocenters. The van der Waals surface area contributed by atoms with E-state index in [1.165, 1.54) is 32.1 Å². The number of alkyl halides is 1. The van der Waals surface area contributed by atoms with E-state index in [9.17, 15) is 9.59 Å². The highest BCUT2D eigenvalue weighted by molar-refractivity contribution is 6.20. The van der Waals surface area contributed by atoms with Gasteiger partial charge < -0.3 is 24.2 Å². The van der Waals surface area contributed by atoms with Crippen LogP contribution in [0.15, 0.2) is 11.8 Å². The van der Waals surface area contributed by atoms with Gasteiger partial charge in [0.2, 0.25) is 0 Å². The molecule has 8 nitrogen and oxygen atoms in total. The van der Waals surface area contributed by atoms with E-state index in [0.29, 0.717) is 38.1 Å². The van der Waals surface area contributed by atoms with Crippen molar-refractivity contribution < 1.29 is 23.5 Å². The summed E-state index contributed by atoms with van der Waals surface area (Å²) >= 11 is 0. The Morgan fingerprint density at radius 2 is 1.74 bits per heavy atom. The molecule has 3 saturated heterocycles. The Bertz CT molecular complexity index is 980. The predicted molar refractivity (Wildman–Crippen MR) is 144 cm³/mol. The largest absolute Gasteiger partial charge is 0.378 e. The van der Waals surface area contributed by atoms with Gasteiger partial charge in [-0.05, 0) is 44.1 Å². The van der Waals surface area contributed by atoms with E-state index < -0.39 is 12.1 Å². The molecule has 6 fully saturated rings. The monoisotopic (exact) mass is 544 g/mol. The SMILES string of the molecule is CCN1CCN(C2C(F)CC3C(=O)C(C(=O)N4CCOCC4)=CN4C5C(CCC6CCCCC65)OC2C34)CC1. The molecule has 0 radical (unpaired) electrons. The van der Waals surface area contributed by atoms with Gasteiger partial charge in [-0.3, -0.25) is 14.5 Å². The molecule has 39 heavy (non-hydrogen) atoms. The molecule has 0 bridgehead atoms. The fraction of sp³-hybridized carbons (Fsp3) is 0.867. The van der Waals surface area contributed by atoms with Crippen LogP contribution in [0.4, 0.5) is 4.39 Å². The predicted octanol–water partition coefficient (Wildman–Crippen LogP) is 2.08. The zero-order valence-electron chi connectivity index (χ0n) is 23.4. The van der Waals surface area contributed by atoms with Crippen molar-refractivity contribution in [2.45, 2.75) is 88.4 Å². The number of ketones is 1. The van der Waals surface area contributed by atoms with Crippen molar-refractivity contribution in [1.29, 1.82) is 0 Å². The van der Waals surface area contributed by atoms with Crippen LogP contribution in [-0.4, -0.2) is 127 Å². The average molecular weight is 545 g/mol. The Morgan fingerprint density at radius 1 is 0.974 bits per heavy atom. The van der Waals surface area contributed by atoms with Gasteiger partial charge in [-0.1, -0.05) is 26.2 Å². The highest BCUT2D eigenvalue weighted by atomic mass is 19.1. The Labute approximate surface area is 231 Å². The lowest BCUT2D eigenvalue weighted by Gasteiger charge is -2.63. The van der Waals surface area contributed by atoms with Crippen molar-refractivity contribution in [3.8, 4) is 0 Å².